The number of carbonyl (C=O) groups is 6. The van der Waals surface area contributed by atoms with Gasteiger partial charge in [0, 0.05) is 50.5 Å². The molecule has 0 bridgehead atoms. The number of alkyl carbamates (subject to hydrolysis) is 1. The highest BCUT2D eigenvalue weighted by atomic mass is 32.2. The first-order valence-corrected chi connectivity index (χ1v) is 23.3. The SMILES string of the molecule is CC(=O)NCC(=O)N[C@@H](CCCNC(=N)NS(=O)(=O)c1c(C)c(C)c2c(c1C)CC(C)(C)O2)C(=O)NCC1CC(C(=O)NCCCC[C@H](NC(=O)OCc2ccccc2)C(=O)O)CCN1. The molecule has 20 nitrogen and oxygen atoms in total. The first kappa shape index (κ1) is 51.7. The lowest BCUT2D eigenvalue weighted by atomic mass is 9.91. The number of aliphatic carboxylic acids is 1. The van der Waals surface area contributed by atoms with E-state index in [1.54, 1.807) is 38.1 Å². The second kappa shape index (κ2) is 23.8. The maximum Gasteiger partial charge on any atom is 0.408 e. The zero-order chi connectivity index (χ0) is 47.9. The van der Waals surface area contributed by atoms with E-state index < -0.39 is 63.5 Å². The normalized spacial score (nSPS) is 17.2. The molecule has 4 atom stereocenters. The molecule has 2 aromatic rings. The summed E-state index contributed by atoms with van der Waals surface area (Å²) in [6, 6.07) is 6.54. The molecule has 21 heteroatoms. The predicted octanol–water partition coefficient (Wildman–Crippen LogP) is 1.68. The van der Waals surface area contributed by atoms with Gasteiger partial charge in [0.1, 0.15) is 30.0 Å². The van der Waals surface area contributed by atoms with Gasteiger partial charge in [-0.25, -0.2) is 22.7 Å². The molecule has 1 saturated heterocycles. The van der Waals surface area contributed by atoms with Gasteiger partial charge in [-0.1, -0.05) is 30.3 Å². The van der Waals surface area contributed by atoms with Gasteiger partial charge >= 0.3 is 12.1 Å². The third-order valence-electron chi connectivity index (χ3n) is 11.3. The molecule has 2 aliphatic rings. The van der Waals surface area contributed by atoms with Crippen LogP contribution >= 0.6 is 0 Å². The third kappa shape index (κ3) is 15.9. The number of nitrogens with one attached hydrogen (secondary N) is 9. The number of ether oxygens (including phenoxy) is 2. The summed E-state index contributed by atoms with van der Waals surface area (Å²) in [5.74, 6) is -3.02. The lowest BCUT2D eigenvalue weighted by molar-refractivity contribution is -0.139. The van der Waals surface area contributed by atoms with Crippen LogP contribution in [0.2, 0.25) is 0 Å². The number of rotatable bonds is 22. The number of carboxylic acid groups (broad SMARTS) is 1. The molecule has 2 aliphatic heterocycles. The molecular weight excluding hydrogens is 863 g/mol. The molecule has 10 N–H and O–H groups in total. The van der Waals surface area contributed by atoms with Crippen molar-refractivity contribution in [3.63, 3.8) is 0 Å². The van der Waals surface area contributed by atoms with E-state index in [9.17, 15) is 42.3 Å². The van der Waals surface area contributed by atoms with E-state index in [4.69, 9.17) is 14.9 Å². The van der Waals surface area contributed by atoms with Crippen LogP contribution in [0.4, 0.5) is 4.79 Å². The number of hydrogen-bond donors (Lipinski definition) is 10. The summed E-state index contributed by atoms with van der Waals surface area (Å²) in [7, 11) is -4.16. The average Bonchev–Trinajstić information content (AvgIpc) is 3.59. The molecular formula is C44H65N9O11S. The topological polar surface area (TPSA) is 295 Å². The van der Waals surface area contributed by atoms with E-state index in [2.05, 4.69) is 41.9 Å². The van der Waals surface area contributed by atoms with E-state index in [0.717, 1.165) is 16.7 Å². The number of fused-ring (bicyclic) bond motifs is 1. The molecule has 2 aromatic carbocycles. The predicted molar refractivity (Wildman–Crippen MR) is 241 cm³/mol. The minimum absolute atomic E-state index is 0.00479. The molecule has 1 fully saturated rings. The number of carbonyl (C=O) groups excluding carboxylic acids is 5. The Bertz CT molecular complexity index is 2170. The van der Waals surface area contributed by atoms with E-state index in [0.29, 0.717) is 62.1 Å². The van der Waals surface area contributed by atoms with Crippen molar-refractivity contribution in [2.75, 3.05) is 32.7 Å². The van der Waals surface area contributed by atoms with Crippen LogP contribution in [-0.4, -0.2) is 112 Å². The van der Waals surface area contributed by atoms with Crippen LogP contribution in [0.5, 0.6) is 5.75 Å². The number of benzene rings is 2. The van der Waals surface area contributed by atoms with Crippen LogP contribution in [-0.2, 0) is 51.8 Å². The monoisotopic (exact) mass is 927 g/mol. The summed E-state index contributed by atoms with van der Waals surface area (Å²) in [5.41, 5.74) is 2.91. The molecule has 0 spiro atoms. The highest BCUT2D eigenvalue weighted by Gasteiger charge is 2.37. The summed E-state index contributed by atoms with van der Waals surface area (Å²) >= 11 is 0. The van der Waals surface area contributed by atoms with Crippen LogP contribution in [0.15, 0.2) is 35.2 Å². The van der Waals surface area contributed by atoms with Crippen molar-refractivity contribution < 1.29 is 51.8 Å². The van der Waals surface area contributed by atoms with E-state index in [-0.39, 0.29) is 68.3 Å². The summed E-state index contributed by atoms with van der Waals surface area (Å²) in [4.78, 5) is 74.6. The first-order chi connectivity index (χ1) is 30.7. The van der Waals surface area contributed by atoms with Crippen LogP contribution in [0.1, 0.15) is 93.5 Å². The summed E-state index contributed by atoms with van der Waals surface area (Å²) in [5, 5.41) is 37.1. The van der Waals surface area contributed by atoms with Gasteiger partial charge in [-0.3, -0.25) is 24.6 Å². The molecule has 0 aliphatic carbocycles. The lowest BCUT2D eigenvalue weighted by Gasteiger charge is -2.30. The number of piperidine rings is 1. The zero-order valence-corrected chi connectivity index (χ0v) is 38.9. The van der Waals surface area contributed by atoms with Gasteiger partial charge < -0.3 is 51.8 Å². The molecule has 2 heterocycles. The molecule has 5 amide bonds. The molecule has 0 radical (unpaired) electrons. The molecule has 2 unspecified atom stereocenters. The minimum Gasteiger partial charge on any atom is -0.487 e. The Morgan fingerprint density at radius 2 is 1.60 bits per heavy atom. The van der Waals surface area contributed by atoms with Gasteiger partial charge in [0.15, 0.2) is 0 Å². The number of hydrogen-bond acceptors (Lipinski definition) is 12. The van der Waals surface area contributed by atoms with Crippen LogP contribution in [0, 0.1) is 32.1 Å². The Labute approximate surface area is 380 Å². The van der Waals surface area contributed by atoms with Crippen molar-refractivity contribution in [1.29, 1.82) is 5.41 Å². The Hall–Kier alpha value is -5.96. The molecule has 0 aromatic heterocycles. The van der Waals surface area contributed by atoms with Crippen molar-refractivity contribution in [2.45, 2.75) is 128 Å². The van der Waals surface area contributed by atoms with Crippen LogP contribution < -0.4 is 46.7 Å². The van der Waals surface area contributed by atoms with Gasteiger partial charge in [0.2, 0.25) is 29.6 Å². The number of carboxylic acids is 1. The summed E-state index contributed by atoms with van der Waals surface area (Å²) in [6.45, 7) is 11.1. The van der Waals surface area contributed by atoms with Crippen molar-refractivity contribution in [2.24, 2.45) is 5.92 Å². The zero-order valence-electron chi connectivity index (χ0n) is 38.0. The number of guanidine groups is 1. The molecule has 65 heavy (non-hydrogen) atoms. The quantitative estimate of drug-likeness (QED) is 0.0458. The Morgan fingerprint density at radius 1 is 0.908 bits per heavy atom. The minimum atomic E-state index is -4.16. The third-order valence-corrected chi connectivity index (χ3v) is 13.0. The van der Waals surface area contributed by atoms with Crippen LogP contribution in [0.3, 0.4) is 0 Å². The van der Waals surface area contributed by atoms with Gasteiger partial charge in [0.05, 0.1) is 11.4 Å². The Morgan fingerprint density at radius 3 is 2.29 bits per heavy atom. The summed E-state index contributed by atoms with van der Waals surface area (Å²) in [6.07, 6.45) is 2.06. The molecule has 0 saturated carbocycles. The molecule has 4 rings (SSSR count). The maximum atomic E-state index is 13.6. The molecule has 358 valence electrons. The van der Waals surface area contributed by atoms with E-state index >= 15 is 0 Å². The van der Waals surface area contributed by atoms with Gasteiger partial charge in [0.25, 0.3) is 10.0 Å². The smallest absolute Gasteiger partial charge is 0.408 e. The average molecular weight is 928 g/mol. The number of amides is 5. The fourth-order valence-corrected chi connectivity index (χ4v) is 9.37. The largest absolute Gasteiger partial charge is 0.487 e. The Kier molecular flexibility index (Phi) is 18.9. The standard InChI is InChI=1S/C44H65N9O11S/c1-26-27(2)38(28(3)33-22-44(5,6)64-37(26)33)65(61,62)53-42(45)48-19-12-16-34(51-36(55)24-49-29(4)54)40(57)50-23-32-21-31(17-20-46-32)39(56)47-18-11-10-15-35(41(58)59)52-43(60)63-25-30-13-8-7-9-14-30/h7-9,13-14,31-32,34-35,46H,10-12,15-25H2,1-6H3,(H,47,56)(H,49,54)(H,50,57)(H,51,55)(H,52,60)(H,58,59)(H3,45,48,53)/t31?,32?,34-,35-/m0/s1. The first-order valence-electron chi connectivity index (χ1n) is 21.9. The highest BCUT2D eigenvalue weighted by molar-refractivity contribution is 7.90. The van der Waals surface area contributed by atoms with E-state index in [1.165, 1.54) is 6.92 Å². The van der Waals surface area contributed by atoms with Crippen molar-refractivity contribution in [3.8, 4) is 5.75 Å². The fraction of sp³-hybridized carbons (Fsp3) is 0.568. The number of unbranched alkanes of at least 4 members (excludes halogenated alkanes) is 1. The Balaban J connectivity index is 1.21. The highest BCUT2D eigenvalue weighted by Crippen LogP contribution is 2.43. The van der Waals surface area contributed by atoms with Crippen molar-refractivity contribution in [3.05, 3.63) is 58.1 Å². The summed E-state index contributed by atoms with van der Waals surface area (Å²) < 4.78 is 40.7. The number of sulfonamides is 1. The van der Waals surface area contributed by atoms with Gasteiger partial charge in [-0.15, -0.1) is 0 Å². The fourth-order valence-electron chi connectivity index (χ4n) is 7.85. The second-order valence-electron chi connectivity index (χ2n) is 17.1. The lowest BCUT2D eigenvalue weighted by Crippen LogP contribution is -2.53. The van der Waals surface area contributed by atoms with Gasteiger partial charge in [-0.05, 0) is 108 Å². The second-order valence-corrected chi connectivity index (χ2v) is 18.8. The van der Waals surface area contributed by atoms with Gasteiger partial charge in [-0.2, -0.15) is 0 Å². The van der Waals surface area contributed by atoms with E-state index in [1.807, 2.05) is 26.8 Å². The maximum absolute atomic E-state index is 13.6. The van der Waals surface area contributed by atoms with Crippen molar-refractivity contribution in [1.82, 2.24) is 41.9 Å². The van der Waals surface area contributed by atoms with Crippen molar-refractivity contribution >= 4 is 51.7 Å². The van der Waals surface area contributed by atoms with Crippen LogP contribution in [0.25, 0.3) is 0 Å².